The van der Waals surface area contributed by atoms with Crippen LogP contribution in [0.5, 0.6) is 0 Å². The minimum atomic E-state index is -4.61. The van der Waals surface area contributed by atoms with Crippen LogP contribution in [-0.4, -0.2) is 31.3 Å². The van der Waals surface area contributed by atoms with Gasteiger partial charge in [-0.2, -0.15) is 17.7 Å². The molecule has 3 aromatic heterocycles. The Labute approximate surface area is 136 Å². The van der Waals surface area contributed by atoms with E-state index in [0.29, 0.717) is 12.4 Å². The lowest BCUT2D eigenvalue weighted by Crippen LogP contribution is -2.28. The van der Waals surface area contributed by atoms with Crippen LogP contribution in [0, 0.1) is 0 Å². The Morgan fingerprint density at radius 1 is 1.21 bits per heavy atom. The van der Waals surface area contributed by atoms with Gasteiger partial charge in [0, 0.05) is 18.9 Å². The molecule has 0 saturated heterocycles. The van der Waals surface area contributed by atoms with Crippen molar-refractivity contribution in [2.24, 2.45) is 0 Å². The summed E-state index contributed by atoms with van der Waals surface area (Å²) in [4.78, 5) is 5.97. The molecule has 0 amide bonds. The Bertz CT molecular complexity index is 830. The van der Waals surface area contributed by atoms with Crippen LogP contribution >= 0.6 is 0 Å². The summed E-state index contributed by atoms with van der Waals surface area (Å²) >= 11 is 0. The van der Waals surface area contributed by atoms with Gasteiger partial charge in [-0.15, -0.1) is 15.3 Å². The second kappa shape index (κ2) is 6.06. The van der Waals surface area contributed by atoms with Crippen LogP contribution in [0.4, 0.5) is 19.0 Å². The Kier molecular flexibility index (Phi) is 4.08. The maximum Gasteiger partial charge on any atom is 0.453 e. The highest BCUT2D eigenvalue weighted by Crippen LogP contribution is 2.29. The van der Waals surface area contributed by atoms with Crippen LogP contribution < -0.4 is 4.90 Å². The largest absolute Gasteiger partial charge is 0.453 e. The van der Waals surface area contributed by atoms with Crippen LogP contribution in [-0.2, 0) is 6.18 Å². The number of hydrogen-bond acceptors (Lipinski definition) is 5. The SMILES string of the molecule is CCN(c1ccc2nnc(C(F)(F)F)n2n1)C(C)c1cccnc1. The molecule has 0 fully saturated rings. The summed E-state index contributed by atoms with van der Waals surface area (Å²) < 4.78 is 39.7. The summed E-state index contributed by atoms with van der Waals surface area (Å²) in [5.74, 6) is -0.726. The average molecular weight is 336 g/mol. The van der Waals surface area contributed by atoms with Gasteiger partial charge in [-0.25, -0.2) is 0 Å². The molecule has 0 spiro atoms. The second-order valence-electron chi connectivity index (χ2n) is 5.23. The highest BCUT2D eigenvalue weighted by atomic mass is 19.4. The van der Waals surface area contributed by atoms with Gasteiger partial charge in [0.15, 0.2) is 5.65 Å². The lowest BCUT2D eigenvalue weighted by molar-refractivity contribution is -0.146. The third-order valence-electron chi connectivity index (χ3n) is 3.77. The molecule has 3 rings (SSSR count). The zero-order chi connectivity index (χ0) is 17.3. The Hall–Kier alpha value is -2.71. The van der Waals surface area contributed by atoms with Gasteiger partial charge in [-0.1, -0.05) is 6.07 Å². The van der Waals surface area contributed by atoms with Crippen molar-refractivity contribution in [3.05, 3.63) is 48.0 Å². The van der Waals surface area contributed by atoms with Crippen LogP contribution in [0.2, 0.25) is 0 Å². The number of anilines is 1. The fraction of sp³-hybridized carbons (Fsp3) is 0.333. The van der Waals surface area contributed by atoms with E-state index in [4.69, 9.17) is 0 Å². The first-order chi connectivity index (χ1) is 11.4. The van der Waals surface area contributed by atoms with Gasteiger partial charge in [-0.05, 0) is 37.6 Å². The second-order valence-corrected chi connectivity index (χ2v) is 5.23. The number of aromatic nitrogens is 5. The monoisotopic (exact) mass is 336 g/mol. The molecule has 9 heteroatoms. The first kappa shape index (κ1) is 16.2. The number of nitrogens with zero attached hydrogens (tertiary/aromatic N) is 6. The maximum atomic E-state index is 13.0. The molecule has 0 aliphatic heterocycles. The Balaban J connectivity index is 2.03. The Morgan fingerprint density at radius 3 is 2.62 bits per heavy atom. The summed E-state index contributed by atoms with van der Waals surface area (Å²) in [6.45, 7) is 4.43. The quantitative estimate of drug-likeness (QED) is 0.733. The van der Waals surface area contributed by atoms with E-state index >= 15 is 0 Å². The van der Waals surface area contributed by atoms with Crippen molar-refractivity contribution in [3.8, 4) is 0 Å². The number of hydrogen-bond donors (Lipinski definition) is 0. The van der Waals surface area contributed by atoms with E-state index in [1.807, 2.05) is 30.9 Å². The van der Waals surface area contributed by atoms with Gasteiger partial charge in [-0.3, -0.25) is 4.98 Å². The molecule has 6 nitrogen and oxygen atoms in total. The van der Waals surface area contributed by atoms with Gasteiger partial charge in [0.25, 0.3) is 5.82 Å². The van der Waals surface area contributed by atoms with Crippen LogP contribution in [0.15, 0.2) is 36.7 Å². The van der Waals surface area contributed by atoms with E-state index in [9.17, 15) is 13.2 Å². The van der Waals surface area contributed by atoms with Gasteiger partial charge >= 0.3 is 6.18 Å². The van der Waals surface area contributed by atoms with Crippen molar-refractivity contribution < 1.29 is 13.2 Å². The third-order valence-corrected chi connectivity index (χ3v) is 3.77. The van der Waals surface area contributed by atoms with Crippen LogP contribution in [0.25, 0.3) is 5.65 Å². The maximum absolute atomic E-state index is 13.0. The Morgan fingerprint density at radius 2 is 2.00 bits per heavy atom. The van der Waals surface area contributed by atoms with Crippen LogP contribution in [0.3, 0.4) is 0 Å². The molecule has 0 saturated carbocycles. The van der Waals surface area contributed by atoms with Crippen molar-refractivity contribution in [2.75, 3.05) is 11.4 Å². The van der Waals surface area contributed by atoms with Crippen molar-refractivity contribution >= 4 is 11.5 Å². The highest BCUT2D eigenvalue weighted by Gasteiger charge is 2.37. The summed E-state index contributed by atoms with van der Waals surface area (Å²) in [7, 11) is 0. The number of alkyl halides is 3. The first-order valence-electron chi connectivity index (χ1n) is 7.38. The topological polar surface area (TPSA) is 59.2 Å². The smallest absolute Gasteiger partial charge is 0.349 e. The molecule has 0 aliphatic rings. The molecule has 24 heavy (non-hydrogen) atoms. The van der Waals surface area contributed by atoms with Crippen molar-refractivity contribution in [1.82, 2.24) is 24.8 Å². The molecular weight excluding hydrogens is 321 g/mol. The molecule has 0 bridgehead atoms. The third kappa shape index (κ3) is 2.89. The van der Waals surface area contributed by atoms with E-state index in [0.717, 1.165) is 10.1 Å². The molecule has 0 aliphatic carbocycles. The molecule has 3 aromatic rings. The fourth-order valence-corrected chi connectivity index (χ4v) is 2.55. The molecular formula is C15H15F3N6. The molecule has 0 radical (unpaired) electrons. The first-order valence-corrected chi connectivity index (χ1v) is 7.38. The zero-order valence-electron chi connectivity index (χ0n) is 13.1. The molecule has 3 heterocycles. The lowest BCUT2D eigenvalue weighted by Gasteiger charge is -2.29. The normalized spacial score (nSPS) is 13.2. The van der Waals surface area contributed by atoms with E-state index in [2.05, 4.69) is 20.3 Å². The van der Waals surface area contributed by atoms with E-state index in [1.54, 1.807) is 18.5 Å². The van der Waals surface area contributed by atoms with Crippen molar-refractivity contribution in [2.45, 2.75) is 26.1 Å². The molecule has 0 N–H and O–H groups in total. The average Bonchev–Trinajstić information content (AvgIpc) is 3.00. The van der Waals surface area contributed by atoms with E-state index < -0.39 is 12.0 Å². The molecule has 126 valence electrons. The van der Waals surface area contributed by atoms with Gasteiger partial charge in [0.1, 0.15) is 5.82 Å². The summed E-state index contributed by atoms with van der Waals surface area (Å²) in [5.41, 5.74) is 0.997. The number of fused-ring (bicyclic) bond motifs is 1. The zero-order valence-corrected chi connectivity index (χ0v) is 13.1. The summed E-state index contributed by atoms with van der Waals surface area (Å²) in [6, 6.07) is 6.75. The van der Waals surface area contributed by atoms with Gasteiger partial charge in [0.05, 0.1) is 6.04 Å². The van der Waals surface area contributed by atoms with E-state index in [1.165, 1.54) is 6.07 Å². The number of rotatable bonds is 4. The van der Waals surface area contributed by atoms with E-state index in [-0.39, 0.29) is 11.7 Å². The molecule has 1 unspecified atom stereocenters. The van der Waals surface area contributed by atoms with Crippen molar-refractivity contribution in [1.29, 1.82) is 0 Å². The fourth-order valence-electron chi connectivity index (χ4n) is 2.55. The highest BCUT2D eigenvalue weighted by molar-refractivity contribution is 5.47. The molecule has 0 aromatic carbocycles. The van der Waals surface area contributed by atoms with Gasteiger partial charge in [0.2, 0.25) is 0 Å². The summed E-state index contributed by atoms with van der Waals surface area (Å²) in [5, 5.41) is 10.8. The van der Waals surface area contributed by atoms with Crippen LogP contribution in [0.1, 0.15) is 31.3 Å². The number of halogens is 3. The predicted octanol–water partition coefficient (Wildman–Crippen LogP) is 3.13. The van der Waals surface area contributed by atoms with Crippen molar-refractivity contribution in [3.63, 3.8) is 0 Å². The standard InChI is InChI=1S/C15H15F3N6/c1-3-23(10(2)11-5-4-8-19-9-11)13-7-6-12-20-21-14(15(16,17)18)24(12)22-13/h4-10H,3H2,1-2H3. The minimum Gasteiger partial charge on any atom is -0.349 e. The number of pyridine rings is 1. The minimum absolute atomic E-state index is 0.0520. The van der Waals surface area contributed by atoms with Gasteiger partial charge < -0.3 is 4.90 Å². The molecule has 1 atom stereocenters. The predicted molar refractivity (Wildman–Crippen MR) is 81.5 cm³/mol. The summed E-state index contributed by atoms with van der Waals surface area (Å²) in [6.07, 6.45) is -1.22. The lowest BCUT2D eigenvalue weighted by atomic mass is 10.1.